The van der Waals surface area contributed by atoms with Gasteiger partial charge in [0.1, 0.15) is 6.54 Å². The maximum Gasteiger partial charge on any atom is 0.243 e. The van der Waals surface area contributed by atoms with Crippen molar-refractivity contribution in [2.75, 3.05) is 67.1 Å². The number of guanidine groups is 1. The van der Waals surface area contributed by atoms with E-state index in [4.69, 9.17) is 4.74 Å². The highest BCUT2D eigenvalue weighted by molar-refractivity contribution is 14.0. The Bertz CT molecular complexity index is 562. The number of nitrogens with zero attached hydrogens (tertiary/aromatic N) is 4. The molecule has 1 aromatic heterocycles. The number of thiophene rings is 1. The lowest BCUT2D eigenvalue weighted by atomic mass is 10.3. The maximum atomic E-state index is 11.9. The summed E-state index contributed by atoms with van der Waals surface area (Å²) in [7, 11) is 5.51. The Labute approximate surface area is 183 Å². The molecule has 1 amide bonds. The minimum absolute atomic E-state index is 0. The molecular formula is C18H32IN5O2S. The first-order valence-electron chi connectivity index (χ1n) is 9.07. The molecule has 0 aliphatic carbocycles. The normalized spacial score (nSPS) is 15.1. The Kier molecular flexibility index (Phi) is 11.9. The molecule has 27 heavy (non-hydrogen) atoms. The molecular weight excluding hydrogens is 477 g/mol. The van der Waals surface area contributed by atoms with E-state index in [2.05, 4.69) is 36.9 Å². The van der Waals surface area contributed by atoms with Crippen molar-refractivity contribution in [3.8, 4) is 0 Å². The van der Waals surface area contributed by atoms with Crippen LogP contribution in [0.1, 0.15) is 12.0 Å². The third-order valence-electron chi connectivity index (χ3n) is 4.26. The van der Waals surface area contributed by atoms with Crippen molar-refractivity contribution in [3.05, 3.63) is 22.4 Å². The molecule has 1 aromatic rings. The molecule has 2 rings (SSSR count). The van der Waals surface area contributed by atoms with Gasteiger partial charge < -0.3 is 19.9 Å². The predicted molar refractivity (Wildman–Crippen MR) is 122 cm³/mol. The minimum Gasteiger partial charge on any atom is -0.379 e. The third-order valence-corrected chi connectivity index (χ3v) is 4.99. The first-order chi connectivity index (χ1) is 12.6. The molecule has 0 unspecified atom stereocenters. The van der Waals surface area contributed by atoms with E-state index in [0.29, 0.717) is 0 Å². The molecule has 1 saturated heterocycles. The van der Waals surface area contributed by atoms with Gasteiger partial charge in [-0.3, -0.25) is 9.69 Å². The number of hydrogen-bond acceptors (Lipinski definition) is 5. The van der Waals surface area contributed by atoms with Crippen LogP contribution >= 0.6 is 35.3 Å². The Morgan fingerprint density at radius 3 is 2.70 bits per heavy atom. The summed E-state index contributed by atoms with van der Waals surface area (Å²) in [6.07, 6.45) is 1.03. The molecule has 154 valence electrons. The van der Waals surface area contributed by atoms with Crippen LogP contribution < -0.4 is 5.32 Å². The molecule has 1 fully saturated rings. The van der Waals surface area contributed by atoms with Crippen LogP contribution in [0.5, 0.6) is 0 Å². The van der Waals surface area contributed by atoms with Gasteiger partial charge in [0.25, 0.3) is 0 Å². The van der Waals surface area contributed by atoms with Gasteiger partial charge in [0.2, 0.25) is 5.91 Å². The molecule has 0 radical (unpaired) electrons. The van der Waals surface area contributed by atoms with Crippen LogP contribution in [0.2, 0.25) is 0 Å². The van der Waals surface area contributed by atoms with Gasteiger partial charge in [0.15, 0.2) is 5.96 Å². The number of nitrogens with one attached hydrogen (secondary N) is 1. The van der Waals surface area contributed by atoms with Crippen LogP contribution in [0.4, 0.5) is 0 Å². The number of morpholine rings is 1. The van der Waals surface area contributed by atoms with Gasteiger partial charge >= 0.3 is 0 Å². The van der Waals surface area contributed by atoms with Crippen LogP contribution in [0.25, 0.3) is 0 Å². The number of hydrogen-bond donors (Lipinski definition) is 1. The fraction of sp³-hybridized carbons (Fsp3) is 0.667. The van der Waals surface area contributed by atoms with Gasteiger partial charge in [0, 0.05) is 47.3 Å². The van der Waals surface area contributed by atoms with Gasteiger partial charge in [-0.2, -0.15) is 11.3 Å². The van der Waals surface area contributed by atoms with E-state index in [0.717, 1.165) is 58.3 Å². The predicted octanol–water partition coefficient (Wildman–Crippen LogP) is 1.55. The molecule has 0 atom stereocenters. The molecule has 7 nitrogen and oxygen atoms in total. The van der Waals surface area contributed by atoms with Gasteiger partial charge in [-0.1, -0.05) is 0 Å². The molecule has 9 heteroatoms. The van der Waals surface area contributed by atoms with E-state index in [-0.39, 0.29) is 36.4 Å². The largest absolute Gasteiger partial charge is 0.379 e. The van der Waals surface area contributed by atoms with Crippen molar-refractivity contribution in [2.45, 2.75) is 13.0 Å². The first kappa shape index (κ1) is 24.1. The fourth-order valence-corrected chi connectivity index (χ4v) is 3.31. The number of carbonyl (C=O) groups excluding carboxylic acids is 1. The van der Waals surface area contributed by atoms with E-state index in [1.54, 1.807) is 30.3 Å². The van der Waals surface area contributed by atoms with Gasteiger partial charge in [-0.05, 0) is 35.4 Å². The summed E-state index contributed by atoms with van der Waals surface area (Å²) in [5.74, 6) is 0.773. The average Bonchev–Trinajstić information content (AvgIpc) is 3.14. The lowest BCUT2D eigenvalue weighted by Gasteiger charge is -2.27. The zero-order valence-corrected chi connectivity index (χ0v) is 19.7. The van der Waals surface area contributed by atoms with Crippen molar-refractivity contribution in [2.24, 2.45) is 4.99 Å². The first-order valence-corrected chi connectivity index (χ1v) is 10.0. The number of ether oxygens (including phenoxy) is 1. The molecule has 2 heterocycles. The second kappa shape index (κ2) is 13.3. The molecule has 1 aliphatic rings. The topological polar surface area (TPSA) is 60.4 Å². The Morgan fingerprint density at radius 1 is 1.33 bits per heavy atom. The summed E-state index contributed by atoms with van der Waals surface area (Å²) in [5, 5.41) is 7.63. The fourth-order valence-electron chi connectivity index (χ4n) is 2.65. The monoisotopic (exact) mass is 509 g/mol. The molecule has 0 bridgehead atoms. The highest BCUT2D eigenvalue weighted by atomic mass is 127. The minimum atomic E-state index is 0. The number of aliphatic imine (C=N–C) groups is 1. The van der Waals surface area contributed by atoms with E-state index in [9.17, 15) is 4.79 Å². The summed E-state index contributed by atoms with van der Waals surface area (Å²) < 4.78 is 5.38. The molecule has 1 aliphatic heterocycles. The SMILES string of the molecule is CN(C)C(=O)CN=C(NCCCN1CCOCC1)N(C)Cc1ccsc1.I. The van der Waals surface area contributed by atoms with Crippen molar-refractivity contribution < 1.29 is 9.53 Å². The number of amides is 1. The lowest BCUT2D eigenvalue weighted by Crippen LogP contribution is -2.41. The Morgan fingerprint density at radius 2 is 2.07 bits per heavy atom. The van der Waals surface area contributed by atoms with Gasteiger partial charge in [0.05, 0.1) is 13.2 Å². The zero-order chi connectivity index (χ0) is 18.8. The van der Waals surface area contributed by atoms with Crippen molar-refractivity contribution in [3.63, 3.8) is 0 Å². The van der Waals surface area contributed by atoms with E-state index in [1.807, 2.05) is 7.05 Å². The van der Waals surface area contributed by atoms with E-state index in [1.165, 1.54) is 5.56 Å². The van der Waals surface area contributed by atoms with E-state index < -0.39 is 0 Å². The smallest absolute Gasteiger partial charge is 0.243 e. The van der Waals surface area contributed by atoms with Gasteiger partial charge in [-0.25, -0.2) is 4.99 Å². The second-order valence-electron chi connectivity index (χ2n) is 6.65. The number of halogens is 1. The van der Waals surface area contributed by atoms with E-state index >= 15 is 0 Å². The lowest BCUT2D eigenvalue weighted by molar-refractivity contribution is -0.127. The highest BCUT2D eigenvalue weighted by Crippen LogP contribution is 2.08. The standard InChI is InChI=1S/C18H31N5O2S.HI/c1-21(2)17(24)13-20-18(22(3)14-16-5-12-26-15-16)19-6-4-7-23-8-10-25-11-9-23;/h5,12,15H,4,6-11,13-14H2,1-3H3,(H,19,20);1H. The summed E-state index contributed by atoms with van der Waals surface area (Å²) >= 11 is 1.69. The summed E-state index contributed by atoms with van der Waals surface area (Å²) in [6.45, 7) is 6.50. The van der Waals surface area contributed by atoms with Gasteiger partial charge in [-0.15, -0.1) is 24.0 Å². The Hall–Kier alpha value is -0.910. The van der Waals surface area contributed by atoms with Crippen LogP contribution in [-0.4, -0.2) is 93.6 Å². The van der Waals surface area contributed by atoms with Crippen molar-refractivity contribution >= 4 is 47.2 Å². The average molecular weight is 509 g/mol. The van der Waals surface area contributed by atoms with Crippen molar-refractivity contribution in [1.82, 2.24) is 20.0 Å². The summed E-state index contributed by atoms with van der Waals surface area (Å²) in [6, 6.07) is 2.11. The quantitative estimate of drug-likeness (QED) is 0.250. The van der Waals surface area contributed by atoms with Crippen LogP contribution in [0, 0.1) is 0 Å². The molecule has 0 spiro atoms. The molecule has 0 aromatic carbocycles. The maximum absolute atomic E-state index is 11.9. The second-order valence-corrected chi connectivity index (χ2v) is 7.43. The highest BCUT2D eigenvalue weighted by Gasteiger charge is 2.12. The van der Waals surface area contributed by atoms with Crippen LogP contribution in [0.3, 0.4) is 0 Å². The van der Waals surface area contributed by atoms with Crippen molar-refractivity contribution in [1.29, 1.82) is 0 Å². The molecule has 1 N–H and O–H groups in total. The third kappa shape index (κ3) is 9.22. The van der Waals surface area contributed by atoms with Crippen LogP contribution in [0.15, 0.2) is 21.8 Å². The van der Waals surface area contributed by atoms with Crippen LogP contribution in [-0.2, 0) is 16.1 Å². The molecule has 0 saturated carbocycles. The summed E-state index contributed by atoms with van der Waals surface area (Å²) in [4.78, 5) is 22.5. The zero-order valence-electron chi connectivity index (χ0n) is 16.5. The number of carbonyl (C=O) groups is 1. The Balaban J connectivity index is 0.00000364. The number of rotatable bonds is 8. The number of likely N-dealkylation sites (N-methyl/N-ethyl adjacent to an activating group) is 1. The summed E-state index contributed by atoms with van der Waals surface area (Å²) in [5.41, 5.74) is 1.25.